The topological polar surface area (TPSA) is 0 Å². The van der Waals surface area contributed by atoms with Crippen LogP contribution in [0, 0.1) is 0 Å². The molecular weight excluding hydrogens is 374 g/mol. The highest BCUT2D eigenvalue weighted by molar-refractivity contribution is 7.74. The van der Waals surface area contributed by atoms with E-state index in [1.165, 1.54) is 25.7 Å². The van der Waals surface area contributed by atoms with E-state index in [9.17, 15) is 0 Å². The number of rotatable bonds is 10. The molecule has 0 fully saturated rings. The molecular formula is C26H48P2. The van der Waals surface area contributed by atoms with Gasteiger partial charge in [0.25, 0.3) is 0 Å². The van der Waals surface area contributed by atoms with E-state index in [4.69, 9.17) is 0 Å². The molecule has 1 aromatic rings. The first-order valence-electron chi connectivity index (χ1n) is 11.4. The number of hydrogen-bond donors (Lipinski definition) is 0. The molecule has 0 radical (unpaired) electrons. The summed E-state index contributed by atoms with van der Waals surface area (Å²) in [4.78, 5) is 0. The first-order valence-corrected chi connectivity index (χ1v) is 14.1. The maximum absolute atomic E-state index is 2.52. The zero-order chi connectivity index (χ0) is 22.0. The van der Waals surface area contributed by atoms with Crippen molar-refractivity contribution in [3.05, 3.63) is 24.3 Å². The van der Waals surface area contributed by atoms with Crippen LogP contribution in [0.15, 0.2) is 24.3 Å². The van der Waals surface area contributed by atoms with Crippen molar-refractivity contribution in [1.29, 1.82) is 0 Å². The second-order valence-corrected chi connectivity index (χ2v) is 18.0. The second kappa shape index (κ2) is 9.48. The predicted octanol–water partition coefficient (Wildman–Crippen LogP) is 8.66. The largest absolute Gasteiger partial charge is 0.0645 e. The standard InChI is InChI=1S/C26H48P2/c1-13-23(5,6)27(24(7,8)14-2)21-19-17-18-20-22(21)28(25(9,10)15-3)26(11,12)16-4/h17-20H,13-16H2,1-12H3. The summed E-state index contributed by atoms with van der Waals surface area (Å²) in [6.45, 7) is 29.7. The van der Waals surface area contributed by atoms with Gasteiger partial charge in [-0.1, -0.05) is 123 Å². The Morgan fingerprint density at radius 3 is 0.893 bits per heavy atom. The van der Waals surface area contributed by atoms with Crippen LogP contribution in [0.4, 0.5) is 0 Å². The molecule has 0 aliphatic heterocycles. The van der Waals surface area contributed by atoms with Crippen LogP contribution in [0.1, 0.15) is 109 Å². The Morgan fingerprint density at radius 2 is 0.714 bits per heavy atom. The highest BCUT2D eigenvalue weighted by Gasteiger charge is 2.45. The van der Waals surface area contributed by atoms with Gasteiger partial charge >= 0.3 is 0 Å². The molecule has 0 saturated carbocycles. The van der Waals surface area contributed by atoms with Crippen molar-refractivity contribution in [3.8, 4) is 0 Å². The molecule has 0 N–H and O–H groups in total. The Morgan fingerprint density at radius 1 is 0.500 bits per heavy atom. The van der Waals surface area contributed by atoms with Gasteiger partial charge in [0.05, 0.1) is 0 Å². The van der Waals surface area contributed by atoms with Gasteiger partial charge in [-0.2, -0.15) is 0 Å². The zero-order valence-electron chi connectivity index (χ0n) is 21.0. The molecule has 0 atom stereocenters. The van der Waals surface area contributed by atoms with E-state index in [1.807, 2.05) is 0 Å². The third kappa shape index (κ3) is 5.41. The van der Waals surface area contributed by atoms with Gasteiger partial charge in [-0.15, -0.1) is 0 Å². The lowest BCUT2D eigenvalue weighted by Gasteiger charge is -2.50. The van der Waals surface area contributed by atoms with Gasteiger partial charge in [0.2, 0.25) is 0 Å². The molecule has 0 spiro atoms. The maximum Gasteiger partial charge on any atom is -0.0108 e. The maximum atomic E-state index is 2.52. The molecule has 0 bridgehead atoms. The number of benzene rings is 1. The fraction of sp³-hybridized carbons (Fsp3) is 0.769. The Balaban J connectivity index is 3.85. The van der Waals surface area contributed by atoms with Crippen LogP contribution in [0.2, 0.25) is 0 Å². The average molecular weight is 423 g/mol. The lowest BCUT2D eigenvalue weighted by atomic mass is 10.1. The Bertz CT molecular complexity index is 538. The Hall–Kier alpha value is 0.0800. The molecule has 1 aromatic carbocycles. The van der Waals surface area contributed by atoms with Gasteiger partial charge in [0.1, 0.15) is 0 Å². The first-order chi connectivity index (χ1) is 12.7. The Labute approximate surface area is 180 Å². The van der Waals surface area contributed by atoms with Crippen LogP contribution in [0.25, 0.3) is 0 Å². The SMILES string of the molecule is CCC(C)(C)P(c1ccccc1P(C(C)(C)CC)C(C)(C)CC)C(C)(C)CC. The van der Waals surface area contributed by atoms with Crippen molar-refractivity contribution in [3.63, 3.8) is 0 Å². The average Bonchev–Trinajstić information content (AvgIpc) is 2.62. The summed E-state index contributed by atoms with van der Waals surface area (Å²) in [6.07, 6.45) is 4.96. The molecule has 0 aliphatic rings. The van der Waals surface area contributed by atoms with E-state index in [2.05, 4.69) is 107 Å². The van der Waals surface area contributed by atoms with Crippen molar-refractivity contribution in [2.45, 2.75) is 129 Å². The van der Waals surface area contributed by atoms with Crippen LogP contribution in [-0.2, 0) is 0 Å². The van der Waals surface area contributed by atoms with Crippen molar-refractivity contribution >= 4 is 26.5 Å². The van der Waals surface area contributed by atoms with Crippen molar-refractivity contribution in [2.24, 2.45) is 0 Å². The fourth-order valence-corrected chi connectivity index (χ4v) is 13.2. The monoisotopic (exact) mass is 422 g/mol. The van der Waals surface area contributed by atoms with Crippen molar-refractivity contribution < 1.29 is 0 Å². The first kappa shape index (κ1) is 26.1. The van der Waals surface area contributed by atoms with Gasteiger partial charge in [-0.25, -0.2) is 0 Å². The molecule has 28 heavy (non-hydrogen) atoms. The predicted molar refractivity (Wildman–Crippen MR) is 137 cm³/mol. The fourth-order valence-electron chi connectivity index (χ4n) is 4.42. The Kier molecular flexibility index (Phi) is 8.84. The third-order valence-electron chi connectivity index (χ3n) is 7.25. The summed E-state index contributed by atoms with van der Waals surface area (Å²) < 4.78 is 0. The van der Waals surface area contributed by atoms with Crippen LogP contribution in [0.3, 0.4) is 0 Å². The van der Waals surface area contributed by atoms with Gasteiger partial charge in [-0.05, 0) is 56.9 Å². The van der Waals surface area contributed by atoms with E-state index in [0.29, 0.717) is 20.6 Å². The minimum Gasteiger partial charge on any atom is -0.0645 e. The molecule has 0 aromatic heterocycles. The van der Waals surface area contributed by atoms with Crippen LogP contribution in [-0.4, -0.2) is 20.6 Å². The molecule has 2 heteroatoms. The molecule has 0 heterocycles. The number of hydrogen-bond acceptors (Lipinski definition) is 0. The van der Waals surface area contributed by atoms with Gasteiger partial charge in [-0.3, -0.25) is 0 Å². The van der Waals surface area contributed by atoms with Gasteiger partial charge in [0, 0.05) is 0 Å². The van der Waals surface area contributed by atoms with Gasteiger partial charge in [0.15, 0.2) is 0 Å². The van der Waals surface area contributed by atoms with Crippen molar-refractivity contribution in [1.82, 2.24) is 0 Å². The van der Waals surface area contributed by atoms with E-state index >= 15 is 0 Å². The summed E-state index contributed by atoms with van der Waals surface area (Å²) in [5.41, 5.74) is 0. The van der Waals surface area contributed by atoms with E-state index < -0.39 is 0 Å². The third-order valence-corrected chi connectivity index (χ3v) is 15.3. The van der Waals surface area contributed by atoms with E-state index in [-0.39, 0.29) is 15.8 Å². The molecule has 0 amide bonds. The lowest BCUT2D eigenvalue weighted by Crippen LogP contribution is -2.43. The molecule has 162 valence electrons. The normalized spacial score (nSPS) is 14.2. The summed E-state index contributed by atoms with van der Waals surface area (Å²) in [5, 5.41) is 4.78. The molecule has 0 nitrogen and oxygen atoms in total. The van der Waals surface area contributed by atoms with Crippen LogP contribution >= 0.6 is 15.8 Å². The minimum absolute atomic E-state index is 0.284. The quantitative estimate of drug-likeness (QED) is 0.331. The summed E-state index contributed by atoms with van der Waals surface area (Å²) >= 11 is 0. The highest BCUT2D eigenvalue weighted by Crippen LogP contribution is 2.65. The zero-order valence-corrected chi connectivity index (χ0v) is 22.8. The van der Waals surface area contributed by atoms with E-state index in [1.54, 1.807) is 10.6 Å². The molecule has 0 aliphatic carbocycles. The summed E-state index contributed by atoms with van der Waals surface area (Å²) in [6, 6.07) is 9.61. The second-order valence-electron chi connectivity index (χ2n) is 10.8. The lowest BCUT2D eigenvalue weighted by molar-refractivity contribution is 0.608. The summed E-state index contributed by atoms with van der Waals surface area (Å²) in [5.74, 6) is 0. The van der Waals surface area contributed by atoms with Crippen LogP contribution in [0.5, 0.6) is 0 Å². The summed E-state index contributed by atoms with van der Waals surface area (Å²) in [7, 11) is -0.568. The molecule has 0 unspecified atom stereocenters. The smallest absolute Gasteiger partial charge is 0.0108 e. The molecule has 0 saturated heterocycles. The minimum atomic E-state index is -0.284. The highest BCUT2D eigenvalue weighted by atomic mass is 31.1. The van der Waals surface area contributed by atoms with Crippen LogP contribution < -0.4 is 10.6 Å². The van der Waals surface area contributed by atoms with Crippen molar-refractivity contribution in [2.75, 3.05) is 0 Å². The molecule has 1 rings (SSSR count). The van der Waals surface area contributed by atoms with E-state index in [0.717, 1.165) is 0 Å². The van der Waals surface area contributed by atoms with Gasteiger partial charge < -0.3 is 0 Å².